The Morgan fingerprint density at radius 3 is 1.63 bits per heavy atom. The van der Waals surface area contributed by atoms with Gasteiger partial charge in [-0.3, -0.25) is 0 Å². The summed E-state index contributed by atoms with van der Waals surface area (Å²) in [5.41, 5.74) is 0.276. The molecule has 1 atom stereocenters. The maximum absolute atomic E-state index is 12.5. The summed E-state index contributed by atoms with van der Waals surface area (Å²) < 4.78 is 5.82. The zero-order valence-corrected chi connectivity index (χ0v) is 19.7. The van der Waals surface area contributed by atoms with Crippen LogP contribution in [0.3, 0.4) is 0 Å². The number of esters is 1. The Bertz CT molecular complexity index is 541. The molecule has 0 aliphatic carbocycles. The van der Waals surface area contributed by atoms with Crippen LogP contribution in [0.1, 0.15) is 133 Å². The van der Waals surface area contributed by atoms with E-state index in [-0.39, 0.29) is 23.4 Å². The molecule has 0 spiro atoms. The Morgan fingerprint density at radius 2 is 1.17 bits per heavy atom. The van der Waals surface area contributed by atoms with E-state index < -0.39 is 0 Å². The number of carbonyl (C=O) groups is 1. The monoisotopic (exact) mass is 418 g/mol. The Morgan fingerprint density at radius 1 is 0.733 bits per heavy atom. The number of phenolic OH excluding ortho intramolecular Hbond substituents is 1. The Balaban J connectivity index is 2.36. The van der Waals surface area contributed by atoms with Gasteiger partial charge in [0, 0.05) is 0 Å². The maximum atomic E-state index is 12.5. The third-order valence-corrected chi connectivity index (χ3v) is 5.91. The van der Waals surface area contributed by atoms with E-state index in [2.05, 4.69) is 13.8 Å². The van der Waals surface area contributed by atoms with Crippen LogP contribution in [-0.4, -0.2) is 17.2 Å². The van der Waals surface area contributed by atoms with Crippen LogP contribution in [0, 0.1) is 0 Å². The van der Waals surface area contributed by atoms with E-state index in [4.69, 9.17) is 4.74 Å². The summed E-state index contributed by atoms with van der Waals surface area (Å²) in [5.74, 6) is -0.384. The van der Waals surface area contributed by atoms with Gasteiger partial charge in [-0.15, -0.1) is 0 Å². The summed E-state index contributed by atoms with van der Waals surface area (Å²) in [6, 6.07) is 6.67. The molecular weight excluding hydrogens is 372 g/mol. The molecule has 0 saturated heterocycles. The summed E-state index contributed by atoms with van der Waals surface area (Å²) in [6.45, 7) is 4.50. The van der Waals surface area contributed by atoms with Crippen LogP contribution < -0.4 is 0 Å². The molecule has 0 saturated carbocycles. The molecule has 0 bridgehead atoms. The van der Waals surface area contributed by atoms with Crippen LogP contribution in [0.25, 0.3) is 0 Å². The predicted octanol–water partition coefficient (Wildman–Crippen LogP) is 8.59. The quantitative estimate of drug-likeness (QED) is 0.181. The van der Waals surface area contributed by atoms with Gasteiger partial charge in [0.15, 0.2) is 0 Å². The maximum Gasteiger partial charge on any atom is 0.342 e. The molecule has 0 aliphatic heterocycles. The minimum atomic E-state index is -0.388. The molecule has 0 heterocycles. The highest BCUT2D eigenvalue weighted by Crippen LogP contribution is 2.21. The summed E-state index contributed by atoms with van der Waals surface area (Å²) >= 11 is 0. The lowest BCUT2D eigenvalue weighted by molar-refractivity contribution is 0.0246. The number of aromatic hydroxyl groups is 1. The van der Waals surface area contributed by atoms with Crippen LogP contribution in [0.5, 0.6) is 5.75 Å². The summed E-state index contributed by atoms with van der Waals surface area (Å²) in [6.07, 6.45) is 21.0. The van der Waals surface area contributed by atoms with Gasteiger partial charge >= 0.3 is 5.97 Å². The number of benzene rings is 1. The molecule has 0 fully saturated rings. The average molecular weight is 419 g/mol. The highest BCUT2D eigenvalue weighted by molar-refractivity contribution is 5.92. The lowest BCUT2D eigenvalue weighted by Crippen LogP contribution is -2.18. The Hall–Kier alpha value is -1.51. The van der Waals surface area contributed by atoms with Gasteiger partial charge < -0.3 is 9.84 Å². The molecule has 1 unspecified atom stereocenters. The normalized spacial score (nSPS) is 12.1. The first-order valence-electron chi connectivity index (χ1n) is 12.7. The van der Waals surface area contributed by atoms with Crippen molar-refractivity contribution in [3.05, 3.63) is 29.8 Å². The fourth-order valence-electron chi connectivity index (χ4n) is 3.96. The van der Waals surface area contributed by atoms with E-state index >= 15 is 0 Å². The Kier molecular flexibility index (Phi) is 16.2. The highest BCUT2D eigenvalue weighted by atomic mass is 16.5. The first-order valence-corrected chi connectivity index (χ1v) is 12.7. The van der Waals surface area contributed by atoms with E-state index in [1.165, 1.54) is 83.5 Å². The second-order valence-electron chi connectivity index (χ2n) is 8.72. The van der Waals surface area contributed by atoms with Gasteiger partial charge in [-0.25, -0.2) is 4.79 Å². The molecule has 172 valence electrons. The van der Waals surface area contributed by atoms with E-state index in [0.29, 0.717) is 0 Å². The molecule has 1 rings (SSSR count). The van der Waals surface area contributed by atoms with E-state index in [9.17, 15) is 9.90 Å². The van der Waals surface area contributed by atoms with Gasteiger partial charge in [-0.1, -0.05) is 109 Å². The van der Waals surface area contributed by atoms with Gasteiger partial charge in [-0.05, 0) is 37.8 Å². The molecule has 0 radical (unpaired) electrons. The summed E-state index contributed by atoms with van der Waals surface area (Å²) in [5, 5.41) is 9.94. The minimum absolute atomic E-state index is 0.00394. The van der Waals surface area contributed by atoms with Gasteiger partial charge in [0.05, 0.1) is 0 Å². The van der Waals surface area contributed by atoms with Crippen LogP contribution in [-0.2, 0) is 4.74 Å². The van der Waals surface area contributed by atoms with Crippen molar-refractivity contribution in [3.8, 4) is 5.75 Å². The number of ether oxygens (including phenoxy) is 1. The third-order valence-electron chi connectivity index (χ3n) is 5.91. The zero-order chi connectivity index (χ0) is 21.9. The largest absolute Gasteiger partial charge is 0.507 e. The van der Waals surface area contributed by atoms with Crippen LogP contribution >= 0.6 is 0 Å². The first kappa shape index (κ1) is 26.5. The number of hydrogen-bond donors (Lipinski definition) is 1. The van der Waals surface area contributed by atoms with Crippen molar-refractivity contribution < 1.29 is 14.6 Å². The fraction of sp³-hybridized carbons (Fsp3) is 0.741. The zero-order valence-electron chi connectivity index (χ0n) is 19.7. The summed E-state index contributed by atoms with van der Waals surface area (Å²) in [4.78, 5) is 12.5. The van der Waals surface area contributed by atoms with Crippen molar-refractivity contribution in [1.82, 2.24) is 0 Å². The van der Waals surface area contributed by atoms with E-state index in [0.717, 1.165) is 25.7 Å². The van der Waals surface area contributed by atoms with Crippen molar-refractivity contribution in [3.63, 3.8) is 0 Å². The second kappa shape index (κ2) is 18.3. The lowest BCUT2D eigenvalue weighted by Gasteiger charge is -2.18. The standard InChI is InChI=1S/C27H46O3/c1-3-5-7-9-11-13-15-17-21-24(20-16-14-12-10-8-6-4-2)30-27(29)25-22-18-19-23-26(25)28/h18-19,22-24,28H,3-17,20-21H2,1-2H3. The molecule has 1 aromatic rings. The SMILES string of the molecule is CCCCCCCCCCC(CCCCCCCCC)OC(=O)c1ccccc1O. The third kappa shape index (κ3) is 12.9. The predicted molar refractivity (Wildman–Crippen MR) is 127 cm³/mol. The first-order chi connectivity index (χ1) is 14.7. The smallest absolute Gasteiger partial charge is 0.342 e. The minimum Gasteiger partial charge on any atom is -0.507 e. The van der Waals surface area contributed by atoms with Crippen LogP contribution in [0.15, 0.2) is 24.3 Å². The van der Waals surface area contributed by atoms with E-state index in [1.54, 1.807) is 24.3 Å². The van der Waals surface area contributed by atoms with E-state index in [1.807, 2.05) is 0 Å². The Labute approximate surface area is 185 Å². The molecule has 3 nitrogen and oxygen atoms in total. The molecule has 0 aromatic heterocycles. The van der Waals surface area contributed by atoms with Crippen molar-refractivity contribution in [2.24, 2.45) is 0 Å². The van der Waals surface area contributed by atoms with Crippen molar-refractivity contribution in [2.45, 2.75) is 129 Å². The number of unbranched alkanes of at least 4 members (excludes halogenated alkanes) is 13. The average Bonchev–Trinajstić information content (AvgIpc) is 2.74. The number of phenols is 1. The number of rotatable bonds is 19. The van der Waals surface area contributed by atoms with Crippen molar-refractivity contribution in [2.75, 3.05) is 0 Å². The van der Waals surface area contributed by atoms with Crippen LogP contribution in [0.2, 0.25) is 0 Å². The van der Waals surface area contributed by atoms with Gasteiger partial charge in [0.1, 0.15) is 17.4 Å². The molecular formula is C27H46O3. The number of para-hydroxylation sites is 1. The molecule has 30 heavy (non-hydrogen) atoms. The van der Waals surface area contributed by atoms with Crippen molar-refractivity contribution in [1.29, 1.82) is 0 Å². The van der Waals surface area contributed by atoms with Gasteiger partial charge in [0.2, 0.25) is 0 Å². The molecule has 0 amide bonds. The van der Waals surface area contributed by atoms with Crippen LogP contribution in [0.4, 0.5) is 0 Å². The topological polar surface area (TPSA) is 46.5 Å². The van der Waals surface area contributed by atoms with Gasteiger partial charge in [0.25, 0.3) is 0 Å². The molecule has 3 heteroatoms. The number of carbonyl (C=O) groups excluding carboxylic acids is 1. The second-order valence-corrected chi connectivity index (χ2v) is 8.72. The summed E-state index contributed by atoms with van der Waals surface area (Å²) in [7, 11) is 0. The fourth-order valence-corrected chi connectivity index (χ4v) is 3.96. The molecule has 1 N–H and O–H groups in total. The molecule has 1 aromatic carbocycles. The number of hydrogen-bond acceptors (Lipinski definition) is 3. The van der Waals surface area contributed by atoms with Crippen molar-refractivity contribution >= 4 is 5.97 Å². The molecule has 0 aliphatic rings. The highest BCUT2D eigenvalue weighted by Gasteiger charge is 2.18. The lowest BCUT2D eigenvalue weighted by atomic mass is 10.0. The van der Waals surface area contributed by atoms with Gasteiger partial charge in [-0.2, -0.15) is 0 Å².